The summed E-state index contributed by atoms with van der Waals surface area (Å²) < 4.78 is 0. The minimum Gasteiger partial charge on any atom is -0.339 e. The van der Waals surface area contributed by atoms with Crippen LogP contribution in [0.25, 0.3) is 0 Å². The first kappa shape index (κ1) is 15.5. The third-order valence-corrected chi connectivity index (χ3v) is 4.92. The van der Waals surface area contributed by atoms with Crippen molar-refractivity contribution in [3.05, 3.63) is 35.4 Å². The Balaban J connectivity index is 1.64. The molecule has 2 fully saturated rings. The molecule has 2 heterocycles. The fourth-order valence-corrected chi connectivity index (χ4v) is 3.63. The highest BCUT2D eigenvalue weighted by molar-refractivity contribution is 5.94. The van der Waals surface area contributed by atoms with Gasteiger partial charge in [-0.1, -0.05) is 25.0 Å². The van der Waals surface area contributed by atoms with Gasteiger partial charge in [0.25, 0.3) is 5.91 Å². The summed E-state index contributed by atoms with van der Waals surface area (Å²) in [5.74, 6) is 0.220. The van der Waals surface area contributed by atoms with Gasteiger partial charge in [0.2, 0.25) is 0 Å². The molecule has 22 heavy (non-hydrogen) atoms. The number of amides is 1. The highest BCUT2D eigenvalue weighted by Gasteiger charge is 2.18. The van der Waals surface area contributed by atoms with Crippen LogP contribution in [0.2, 0.25) is 0 Å². The van der Waals surface area contributed by atoms with Crippen LogP contribution in [-0.2, 0) is 6.54 Å². The Morgan fingerprint density at radius 3 is 2.23 bits per heavy atom. The molecule has 0 N–H and O–H groups in total. The molecule has 0 aliphatic carbocycles. The summed E-state index contributed by atoms with van der Waals surface area (Å²) in [5, 5.41) is 0. The summed E-state index contributed by atoms with van der Waals surface area (Å²) in [7, 11) is 0. The predicted octanol–water partition coefficient (Wildman–Crippen LogP) is 3.69. The maximum absolute atomic E-state index is 12.6. The van der Waals surface area contributed by atoms with Crippen molar-refractivity contribution >= 4 is 5.91 Å². The van der Waals surface area contributed by atoms with Gasteiger partial charge < -0.3 is 4.90 Å². The topological polar surface area (TPSA) is 23.6 Å². The number of benzene rings is 1. The molecular formula is C19H28N2O. The van der Waals surface area contributed by atoms with Crippen LogP contribution in [0.3, 0.4) is 0 Å². The molecule has 2 saturated heterocycles. The average molecular weight is 300 g/mol. The molecule has 120 valence electrons. The second kappa shape index (κ2) is 7.77. The van der Waals surface area contributed by atoms with E-state index in [4.69, 9.17) is 0 Å². The van der Waals surface area contributed by atoms with Crippen LogP contribution in [0.5, 0.6) is 0 Å². The van der Waals surface area contributed by atoms with Crippen molar-refractivity contribution in [3.8, 4) is 0 Å². The Hall–Kier alpha value is -1.35. The smallest absolute Gasteiger partial charge is 0.253 e. The molecule has 0 atom stereocenters. The summed E-state index contributed by atoms with van der Waals surface area (Å²) in [5.41, 5.74) is 2.15. The molecule has 3 heteroatoms. The molecule has 0 unspecified atom stereocenters. The van der Waals surface area contributed by atoms with Crippen molar-refractivity contribution < 1.29 is 4.79 Å². The maximum Gasteiger partial charge on any atom is 0.253 e. The van der Waals surface area contributed by atoms with Crippen molar-refractivity contribution in [2.24, 2.45) is 0 Å². The molecular weight excluding hydrogens is 272 g/mol. The van der Waals surface area contributed by atoms with Gasteiger partial charge in [0.1, 0.15) is 0 Å². The summed E-state index contributed by atoms with van der Waals surface area (Å²) in [6, 6.07) is 8.30. The van der Waals surface area contributed by atoms with E-state index in [-0.39, 0.29) is 5.91 Å². The normalized spacial score (nSPS) is 20.6. The number of hydrogen-bond acceptors (Lipinski definition) is 2. The first-order valence-corrected chi connectivity index (χ1v) is 8.93. The largest absolute Gasteiger partial charge is 0.339 e. The maximum atomic E-state index is 12.6. The summed E-state index contributed by atoms with van der Waals surface area (Å²) in [6.45, 7) is 5.24. The SMILES string of the molecule is O=C(c1cccc(CN2CCCCCC2)c1)N1CCCCC1. The van der Waals surface area contributed by atoms with Gasteiger partial charge in [0.05, 0.1) is 0 Å². The zero-order valence-electron chi connectivity index (χ0n) is 13.6. The third kappa shape index (κ3) is 4.10. The fraction of sp³-hybridized carbons (Fsp3) is 0.632. The minimum atomic E-state index is 0.220. The second-order valence-corrected chi connectivity index (χ2v) is 6.74. The molecule has 3 nitrogen and oxygen atoms in total. The molecule has 1 aromatic carbocycles. The molecule has 0 radical (unpaired) electrons. The lowest BCUT2D eigenvalue weighted by Gasteiger charge is -2.27. The van der Waals surface area contributed by atoms with E-state index in [1.165, 1.54) is 50.8 Å². The Morgan fingerprint density at radius 2 is 1.50 bits per heavy atom. The molecule has 0 spiro atoms. The van der Waals surface area contributed by atoms with Crippen LogP contribution in [0, 0.1) is 0 Å². The number of nitrogens with zero attached hydrogens (tertiary/aromatic N) is 2. The molecule has 2 aliphatic rings. The summed E-state index contributed by atoms with van der Waals surface area (Å²) >= 11 is 0. The lowest BCUT2D eigenvalue weighted by atomic mass is 10.1. The zero-order valence-corrected chi connectivity index (χ0v) is 13.6. The number of carbonyl (C=O) groups is 1. The zero-order chi connectivity index (χ0) is 15.2. The van der Waals surface area contributed by atoms with Crippen LogP contribution < -0.4 is 0 Å². The molecule has 0 bridgehead atoms. The van der Waals surface area contributed by atoms with Gasteiger partial charge in [0, 0.05) is 25.2 Å². The van der Waals surface area contributed by atoms with Gasteiger partial charge >= 0.3 is 0 Å². The number of likely N-dealkylation sites (tertiary alicyclic amines) is 2. The first-order valence-electron chi connectivity index (χ1n) is 8.93. The number of piperidine rings is 1. The summed E-state index contributed by atoms with van der Waals surface area (Å²) in [4.78, 5) is 17.2. The van der Waals surface area contributed by atoms with E-state index in [2.05, 4.69) is 17.0 Å². The van der Waals surface area contributed by atoms with Crippen molar-refractivity contribution in [2.75, 3.05) is 26.2 Å². The van der Waals surface area contributed by atoms with E-state index < -0.39 is 0 Å². The van der Waals surface area contributed by atoms with Gasteiger partial charge in [-0.15, -0.1) is 0 Å². The molecule has 0 aromatic heterocycles. The summed E-state index contributed by atoms with van der Waals surface area (Å²) in [6.07, 6.45) is 8.92. The van der Waals surface area contributed by atoms with Gasteiger partial charge in [-0.05, 0) is 62.9 Å². The molecule has 3 rings (SSSR count). The Bertz CT molecular complexity index is 486. The van der Waals surface area contributed by atoms with Gasteiger partial charge in [-0.25, -0.2) is 0 Å². The first-order chi connectivity index (χ1) is 10.8. The highest BCUT2D eigenvalue weighted by atomic mass is 16.2. The Morgan fingerprint density at radius 1 is 0.864 bits per heavy atom. The molecule has 1 aromatic rings. The van der Waals surface area contributed by atoms with Crippen molar-refractivity contribution in [1.82, 2.24) is 9.80 Å². The predicted molar refractivity (Wildman–Crippen MR) is 89.9 cm³/mol. The van der Waals surface area contributed by atoms with Crippen LogP contribution in [0.4, 0.5) is 0 Å². The van der Waals surface area contributed by atoms with Gasteiger partial charge in [0.15, 0.2) is 0 Å². The van der Waals surface area contributed by atoms with Crippen LogP contribution in [-0.4, -0.2) is 41.9 Å². The lowest BCUT2D eigenvalue weighted by Crippen LogP contribution is -2.35. The lowest BCUT2D eigenvalue weighted by molar-refractivity contribution is 0.0724. The molecule has 2 aliphatic heterocycles. The standard InChI is InChI=1S/C19H28N2O/c22-19(21-13-6-3-7-14-21)18-10-8-9-17(15-18)16-20-11-4-1-2-5-12-20/h8-10,15H,1-7,11-14,16H2. The van der Waals surface area contributed by atoms with E-state index in [1.54, 1.807) is 0 Å². The van der Waals surface area contributed by atoms with E-state index in [0.29, 0.717) is 0 Å². The van der Waals surface area contributed by atoms with E-state index in [1.807, 2.05) is 17.0 Å². The van der Waals surface area contributed by atoms with Crippen LogP contribution in [0.15, 0.2) is 24.3 Å². The Kier molecular flexibility index (Phi) is 5.49. The van der Waals surface area contributed by atoms with Crippen LogP contribution in [0.1, 0.15) is 60.9 Å². The monoisotopic (exact) mass is 300 g/mol. The fourth-order valence-electron chi connectivity index (χ4n) is 3.63. The van der Waals surface area contributed by atoms with Gasteiger partial charge in [-0.3, -0.25) is 9.69 Å². The highest BCUT2D eigenvalue weighted by Crippen LogP contribution is 2.17. The third-order valence-electron chi connectivity index (χ3n) is 4.92. The minimum absolute atomic E-state index is 0.220. The van der Waals surface area contributed by atoms with Gasteiger partial charge in [-0.2, -0.15) is 0 Å². The van der Waals surface area contributed by atoms with Crippen LogP contribution >= 0.6 is 0 Å². The number of carbonyl (C=O) groups excluding carboxylic acids is 1. The van der Waals surface area contributed by atoms with Crippen molar-refractivity contribution in [2.45, 2.75) is 51.5 Å². The second-order valence-electron chi connectivity index (χ2n) is 6.74. The van der Waals surface area contributed by atoms with E-state index in [9.17, 15) is 4.79 Å². The van der Waals surface area contributed by atoms with Crippen molar-refractivity contribution in [1.29, 1.82) is 0 Å². The quantitative estimate of drug-likeness (QED) is 0.850. The number of rotatable bonds is 3. The van der Waals surface area contributed by atoms with E-state index >= 15 is 0 Å². The van der Waals surface area contributed by atoms with E-state index in [0.717, 1.165) is 38.0 Å². The van der Waals surface area contributed by atoms with Crippen molar-refractivity contribution in [3.63, 3.8) is 0 Å². The Labute approximate surface area is 134 Å². The number of hydrogen-bond donors (Lipinski definition) is 0. The molecule has 0 saturated carbocycles. The molecule has 1 amide bonds. The average Bonchev–Trinajstić information content (AvgIpc) is 2.84.